The molecule has 4 heteroatoms. The number of nitrogens with one attached hydrogen (secondary N) is 1. The van der Waals surface area contributed by atoms with Gasteiger partial charge in [0, 0.05) is 19.8 Å². The summed E-state index contributed by atoms with van der Waals surface area (Å²) in [5.41, 5.74) is 0. The first-order valence-electron chi connectivity index (χ1n) is 19.3. The zero-order valence-corrected chi connectivity index (χ0v) is 29.1. The Hall–Kier alpha value is -0.160. The lowest BCUT2D eigenvalue weighted by molar-refractivity contribution is 0.0524. The molecule has 0 aromatic carbocycles. The van der Waals surface area contributed by atoms with Gasteiger partial charge in [-0.05, 0) is 25.8 Å². The summed E-state index contributed by atoms with van der Waals surface area (Å²) in [7, 11) is 0. The van der Waals surface area contributed by atoms with Gasteiger partial charge < -0.3 is 19.9 Å². The second-order valence-electron chi connectivity index (χ2n) is 13.1. The van der Waals surface area contributed by atoms with Crippen molar-refractivity contribution in [1.82, 2.24) is 5.32 Å². The van der Waals surface area contributed by atoms with E-state index in [0.717, 1.165) is 26.2 Å². The van der Waals surface area contributed by atoms with Crippen LogP contribution in [-0.4, -0.2) is 50.7 Å². The number of aliphatic hydroxyl groups is 1. The van der Waals surface area contributed by atoms with Crippen LogP contribution in [0.15, 0.2) is 0 Å². The molecule has 0 aromatic heterocycles. The maximum Gasteiger partial charge on any atom is 0.0642 e. The molecular formula is C38H79NO3. The van der Waals surface area contributed by atoms with Gasteiger partial charge in [-0.15, -0.1) is 0 Å². The van der Waals surface area contributed by atoms with Crippen LogP contribution in [0.5, 0.6) is 0 Å². The van der Waals surface area contributed by atoms with E-state index in [2.05, 4.69) is 19.2 Å². The van der Waals surface area contributed by atoms with Gasteiger partial charge in [-0.2, -0.15) is 0 Å². The van der Waals surface area contributed by atoms with Crippen LogP contribution in [-0.2, 0) is 9.47 Å². The lowest BCUT2D eigenvalue weighted by Crippen LogP contribution is -2.38. The molecule has 0 atom stereocenters. The summed E-state index contributed by atoms with van der Waals surface area (Å²) in [6, 6.07) is 0.231. The summed E-state index contributed by atoms with van der Waals surface area (Å²) >= 11 is 0. The minimum atomic E-state index is 0.231. The fourth-order valence-electron chi connectivity index (χ4n) is 5.80. The van der Waals surface area contributed by atoms with E-state index in [4.69, 9.17) is 14.6 Å². The molecule has 0 spiro atoms. The first-order chi connectivity index (χ1) is 20.8. The van der Waals surface area contributed by atoms with Crippen LogP contribution >= 0.6 is 0 Å². The number of rotatable bonds is 38. The third-order valence-corrected chi connectivity index (χ3v) is 8.69. The lowest BCUT2D eigenvalue weighted by Gasteiger charge is -2.19. The van der Waals surface area contributed by atoms with Crippen LogP contribution in [0.2, 0.25) is 0 Å². The smallest absolute Gasteiger partial charge is 0.0642 e. The molecule has 0 radical (unpaired) electrons. The Balaban J connectivity index is 3.52. The highest BCUT2D eigenvalue weighted by Crippen LogP contribution is 2.14. The molecule has 0 rings (SSSR count). The quantitative estimate of drug-likeness (QED) is 0.0695. The molecule has 254 valence electrons. The molecule has 0 unspecified atom stereocenters. The molecule has 0 aliphatic rings. The normalized spacial score (nSPS) is 11.7. The van der Waals surface area contributed by atoms with Gasteiger partial charge in [0.15, 0.2) is 0 Å². The number of unbranched alkanes of at least 4 members (excludes halogenated alkanes) is 26. The van der Waals surface area contributed by atoms with E-state index in [1.165, 1.54) is 180 Å². The Morgan fingerprint density at radius 3 is 0.976 bits per heavy atom. The second-order valence-corrected chi connectivity index (χ2v) is 13.1. The Labute approximate surface area is 265 Å². The van der Waals surface area contributed by atoms with E-state index in [9.17, 15) is 0 Å². The van der Waals surface area contributed by atoms with Crippen LogP contribution in [0, 0.1) is 0 Å². The Kier molecular flexibility index (Phi) is 38.7. The molecule has 0 aliphatic heterocycles. The monoisotopic (exact) mass is 598 g/mol. The molecular weight excluding hydrogens is 518 g/mol. The van der Waals surface area contributed by atoms with Gasteiger partial charge in [-0.1, -0.05) is 181 Å². The highest BCUT2D eigenvalue weighted by atomic mass is 16.5. The van der Waals surface area contributed by atoms with Crippen molar-refractivity contribution in [1.29, 1.82) is 0 Å². The van der Waals surface area contributed by atoms with Gasteiger partial charge in [-0.25, -0.2) is 0 Å². The number of hydrogen-bond donors (Lipinski definition) is 2. The second kappa shape index (κ2) is 38.9. The van der Waals surface area contributed by atoms with Gasteiger partial charge in [-0.3, -0.25) is 0 Å². The summed E-state index contributed by atoms with van der Waals surface area (Å²) in [5, 5.41) is 12.6. The number of ether oxygens (including phenoxy) is 2. The Morgan fingerprint density at radius 1 is 0.405 bits per heavy atom. The standard InChI is InChI=1S/C38H79NO3/c1-3-5-7-9-11-13-15-17-19-21-23-25-27-29-34-41-36-38(39-32-31-33-40)37-42-35-30-28-26-24-22-20-18-16-14-12-10-8-6-4-2/h38-40H,3-37H2,1-2H3. The molecule has 0 amide bonds. The fraction of sp³-hybridized carbons (Fsp3) is 1.00. The molecule has 0 fully saturated rings. The van der Waals surface area contributed by atoms with Crippen molar-refractivity contribution in [2.24, 2.45) is 0 Å². The van der Waals surface area contributed by atoms with Crippen molar-refractivity contribution in [2.75, 3.05) is 39.6 Å². The van der Waals surface area contributed by atoms with Gasteiger partial charge in [0.2, 0.25) is 0 Å². The predicted octanol–water partition coefficient (Wildman–Crippen LogP) is 11.3. The third kappa shape index (κ3) is 36.0. The summed E-state index contributed by atoms with van der Waals surface area (Å²) in [4.78, 5) is 0. The Bertz CT molecular complexity index is 426. The van der Waals surface area contributed by atoms with Crippen molar-refractivity contribution >= 4 is 0 Å². The SMILES string of the molecule is CCCCCCCCCCCCCCCCOCC(COCCCCCCCCCCCCCCCC)NCCCO. The fourth-order valence-corrected chi connectivity index (χ4v) is 5.80. The maximum absolute atomic E-state index is 9.13. The molecule has 2 N–H and O–H groups in total. The average Bonchev–Trinajstić information content (AvgIpc) is 3.00. The first kappa shape index (κ1) is 41.8. The summed E-state index contributed by atoms with van der Waals surface area (Å²) in [6.07, 6.45) is 39.7. The van der Waals surface area contributed by atoms with E-state index in [1.807, 2.05) is 0 Å². The minimum Gasteiger partial charge on any atom is -0.396 e. The van der Waals surface area contributed by atoms with Crippen LogP contribution in [0.25, 0.3) is 0 Å². The van der Waals surface area contributed by atoms with Gasteiger partial charge >= 0.3 is 0 Å². The average molecular weight is 598 g/mol. The maximum atomic E-state index is 9.13. The van der Waals surface area contributed by atoms with Gasteiger partial charge in [0.25, 0.3) is 0 Å². The summed E-state index contributed by atoms with van der Waals surface area (Å²) < 4.78 is 12.0. The van der Waals surface area contributed by atoms with Crippen molar-refractivity contribution in [2.45, 2.75) is 206 Å². The minimum absolute atomic E-state index is 0.231. The van der Waals surface area contributed by atoms with E-state index in [0.29, 0.717) is 13.2 Å². The molecule has 4 nitrogen and oxygen atoms in total. The van der Waals surface area contributed by atoms with E-state index >= 15 is 0 Å². The molecule has 0 saturated carbocycles. The molecule has 0 bridgehead atoms. The highest BCUT2D eigenvalue weighted by molar-refractivity contribution is 4.65. The summed E-state index contributed by atoms with van der Waals surface area (Å²) in [6.45, 7) is 8.78. The zero-order chi connectivity index (χ0) is 30.4. The van der Waals surface area contributed by atoms with Crippen molar-refractivity contribution < 1.29 is 14.6 Å². The number of aliphatic hydroxyl groups excluding tert-OH is 1. The first-order valence-corrected chi connectivity index (χ1v) is 19.3. The Morgan fingerprint density at radius 2 is 0.690 bits per heavy atom. The largest absolute Gasteiger partial charge is 0.396 e. The van der Waals surface area contributed by atoms with Crippen LogP contribution in [0.1, 0.15) is 200 Å². The van der Waals surface area contributed by atoms with Crippen molar-refractivity contribution in [3.63, 3.8) is 0 Å². The van der Waals surface area contributed by atoms with Crippen LogP contribution in [0.4, 0.5) is 0 Å². The molecule has 0 saturated heterocycles. The topological polar surface area (TPSA) is 50.7 Å². The molecule has 0 aromatic rings. The van der Waals surface area contributed by atoms with Gasteiger partial charge in [0.1, 0.15) is 0 Å². The van der Waals surface area contributed by atoms with Crippen LogP contribution in [0.3, 0.4) is 0 Å². The predicted molar refractivity (Wildman–Crippen MR) is 186 cm³/mol. The highest BCUT2D eigenvalue weighted by Gasteiger charge is 2.08. The van der Waals surface area contributed by atoms with Crippen LogP contribution < -0.4 is 5.32 Å². The van der Waals surface area contributed by atoms with Crippen molar-refractivity contribution in [3.05, 3.63) is 0 Å². The number of hydrogen-bond acceptors (Lipinski definition) is 4. The van der Waals surface area contributed by atoms with E-state index in [-0.39, 0.29) is 12.6 Å². The molecule has 0 heterocycles. The van der Waals surface area contributed by atoms with E-state index < -0.39 is 0 Å². The third-order valence-electron chi connectivity index (χ3n) is 8.69. The van der Waals surface area contributed by atoms with Gasteiger partial charge in [0.05, 0.1) is 19.3 Å². The molecule has 42 heavy (non-hydrogen) atoms. The van der Waals surface area contributed by atoms with Crippen molar-refractivity contribution in [3.8, 4) is 0 Å². The van der Waals surface area contributed by atoms with E-state index in [1.54, 1.807) is 0 Å². The summed E-state index contributed by atoms with van der Waals surface area (Å²) in [5.74, 6) is 0. The zero-order valence-electron chi connectivity index (χ0n) is 29.1. The lowest BCUT2D eigenvalue weighted by atomic mass is 10.0. The molecule has 0 aliphatic carbocycles.